The fourth-order valence-corrected chi connectivity index (χ4v) is 5.47. The van der Waals surface area contributed by atoms with Crippen LogP contribution in [-0.4, -0.2) is 50.4 Å². The Morgan fingerprint density at radius 3 is 2.59 bits per heavy atom. The van der Waals surface area contributed by atoms with Gasteiger partial charge in [-0.3, -0.25) is 9.52 Å². The SMILES string of the molecule is Cc1csc(N2CCCN(C(=O)c3cccc(S(=O)(=O)Nc4ccc(F)cc4)c3)CC2)n1. The molecule has 0 radical (unpaired) electrons. The summed E-state index contributed by atoms with van der Waals surface area (Å²) in [7, 11) is -3.92. The van der Waals surface area contributed by atoms with Gasteiger partial charge in [-0.1, -0.05) is 6.07 Å². The average molecular weight is 475 g/mol. The van der Waals surface area contributed by atoms with Gasteiger partial charge in [-0.15, -0.1) is 11.3 Å². The van der Waals surface area contributed by atoms with Crippen LogP contribution in [0.2, 0.25) is 0 Å². The summed E-state index contributed by atoms with van der Waals surface area (Å²) in [5.41, 5.74) is 1.54. The van der Waals surface area contributed by atoms with E-state index in [1.807, 2.05) is 12.3 Å². The lowest BCUT2D eigenvalue weighted by molar-refractivity contribution is 0.0766. The summed E-state index contributed by atoms with van der Waals surface area (Å²) >= 11 is 1.59. The average Bonchev–Trinajstić information content (AvgIpc) is 3.06. The monoisotopic (exact) mass is 474 g/mol. The molecule has 2 heterocycles. The molecule has 2 aromatic carbocycles. The number of carbonyl (C=O) groups excluding carboxylic acids is 1. The first-order valence-corrected chi connectivity index (χ1v) is 12.5. The van der Waals surface area contributed by atoms with Crippen LogP contribution in [0, 0.1) is 12.7 Å². The van der Waals surface area contributed by atoms with Crippen molar-refractivity contribution in [2.75, 3.05) is 35.8 Å². The Kier molecular flexibility index (Phi) is 6.43. The molecule has 0 bridgehead atoms. The molecule has 10 heteroatoms. The molecule has 1 aliphatic heterocycles. The number of anilines is 2. The number of nitrogens with zero attached hydrogens (tertiary/aromatic N) is 3. The summed E-state index contributed by atoms with van der Waals surface area (Å²) in [4.78, 5) is 21.5. The number of thiazole rings is 1. The van der Waals surface area contributed by atoms with Crippen molar-refractivity contribution in [1.29, 1.82) is 0 Å². The molecule has 7 nitrogen and oxygen atoms in total. The van der Waals surface area contributed by atoms with E-state index >= 15 is 0 Å². The van der Waals surface area contributed by atoms with Crippen LogP contribution < -0.4 is 9.62 Å². The molecule has 0 atom stereocenters. The zero-order chi connectivity index (χ0) is 22.7. The minimum atomic E-state index is -3.92. The third-order valence-electron chi connectivity index (χ3n) is 5.15. The van der Waals surface area contributed by atoms with Crippen LogP contribution in [0.5, 0.6) is 0 Å². The number of aromatic nitrogens is 1. The Morgan fingerprint density at radius 1 is 1.09 bits per heavy atom. The van der Waals surface area contributed by atoms with Gasteiger partial charge >= 0.3 is 0 Å². The second kappa shape index (κ2) is 9.25. The van der Waals surface area contributed by atoms with Crippen LogP contribution in [-0.2, 0) is 10.0 Å². The van der Waals surface area contributed by atoms with Gasteiger partial charge in [0.1, 0.15) is 5.82 Å². The number of aryl methyl sites for hydroxylation is 1. The first-order valence-electron chi connectivity index (χ1n) is 10.2. The van der Waals surface area contributed by atoms with E-state index in [1.54, 1.807) is 28.4 Å². The minimum absolute atomic E-state index is 0.0256. The third-order valence-corrected chi connectivity index (χ3v) is 7.55. The molecule has 1 aliphatic rings. The van der Waals surface area contributed by atoms with Gasteiger partial charge in [0, 0.05) is 42.8 Å². The Balaban J connectivity index is 1.47. The normalized spacial score (nSPS) is 14.8. The van der Waals surface area contributed by atoms with Gasteiger partial charge in [0.2, 0.25) is 0 Å². The summed E-state index contributed by atoms with van der Waals surface area (Å²) in [5.74, 6) is -0.664. The van der Waals surface area contributed by atoms with Crippen LogP contribution in [0.15, 0.2) is 58.8 Å². The summed E-state index contributed by atoms with van der Waals surface area (Å²) in [6.07, 6.45) is 0.800. The second-order valence-electron chi connectivity index (χ2n) is 7.54. The smallest absolute Gasteiger partial charge is 0.261 e. The number of nitrogens with one attached hydrogen (secondary N) is 1. The third kappa shape index (κ3) is 5.08. The van der Waals surface area contributed by atoms with Crippen molar-refractivity contribution in [1.82, 2.24) is 9.88 Å². The number of carbonyl (C=O) groups is 1. The largest absolute Gasteiger partial charge is 0.346 e. The van der Waals surface area contributed by atoms with Gasteiger partial charge in [0.25, 0.3) is 15.9 Å². The maximum absolute atomic E-state index is 13.1. The molecule has 1 N–H and O–H groups in total. The molecule has 1 aromatic heterocycles. The topological polar surface area (TPSA) is 82.6 Å². The quantitative estimate of drug-likeness (QED) is 0.609. The highest BCUT2D eigenvalue weighted by molar-refractivity contribution is 7.92. The van der Waals surface area contributed by atoms with Gasteiger partial charge in [-0.2, -0.15) is 0 Å². The fourth-order valence-electron chi connectivity index (χ4n) is 3.51. The molecule has 32 heavy (non-hydrogen) atoms. The molecule has 0 spiro atoms. The van der Waals surface area contributed by atoms with Crippen LogP contribution in [0.3, 0.4) is 0 Å². The molecule has 1 fully saturated rings. The van der Waals surface area contributed by atoms with Crippen molar-refractivity contribution in [3.05, 3.63) is 71.0 Å². The lowest BCUT2D eigenvalue weighted by atomic mass is 10.2. The van der Waals surface area contributed by atoms with E-state index in [2.05, 4.69) is 14.6 Å². The van der Waals surface area contributed by atoms with E-state index in [4.69, 9.17) is 0 Å². The number of halogens is 1. The maximum atomic E-state index is 13.1. The Bertz CT molecular complexity index is 1210. The van der Waals surface area contributed by atoms with Crippen molar-refractivity contribution in [3.8, 4) is 0 Å². The van der Waals surface area contributed by atoms with Crippen molar-refractivity contribution < 1.29 is 17.6 Å². The molecule has 0 aliphatic carbocycles. The first kappa shape index (κ1) is 22.2. The Morgan fingerprint density at radius 2 is 1.88 bits per heavy atom. The molecule has 3 aromatic rings. The van der Waals surface area contributed by atoms with E-state index in [0.717, 1.165) is 23.8 Å². The lowest BCUT2D eigenvalue weighted by Crippen LogP contribution is -2.35. The van der Waals surface area contributed by atoms with Crippen LogP contribution in [0.1, 0.15) is 22.5 Å². The van der Waals surface area contributed by atoms with Crippen molar-refractivity contribution in [3.63, 3.8) is 0 Å². The molecule has 168 valence electrons. The fraction of sp³-hybridized carbons (Fsp3) is 0.273. The predicted molar refractivity (Wildman–Crippen MR) is 123 cm³/mol. The maximum Gasteiger partial charge on any atom is 0.261 e. The zero-order valence-electron chi connectivity index (χ0n) is 17.5. The van der Waals surface area contributed by atoms with E-state index in [0.29, 0.717) is 25.2 Å². The van der Waals surface area contributed by atoms with Crippen molar-refractivity contribution in [2.24, 2.45) is 0 Å². The number of rotatable bonds is 5. The summed E-state index contributed by atoms with van der Waals surface area (Å²) in [5, 5.41) is 2.96. The molecule has 0 unspecified atom stereocenters. The van der Waals surface area contributed by atoms with Gasteiger partial charge in [0.05, 0.1) is 10.6 Å². The first-order chi connectivity index (χ1) is 15.3. The summed E-state index contributed by atoms with van der Waals surface area (Å²) in [6, 6.07) is 11.0. The standard InChI is InChI=1S/C22H23FN4O3S2/c1-16-15-31-22(24-16)27-11-3-10-26(12-13-27)21(28)17-4-2-5-20(14-17)32(29,30)25-19-8-6-18(23)7-9-19/h2,4-9,14-15,25H,3,10-13H2,1H3. The highest BCUT2D eigenvalue weighted by Gasteiger charge is 2.23. The molecule has 1 amide bonds. The number of hydrogen-bond donors (Lipinski definition) is 1. The minimum Gasteiger partial charge on any atom is -0.346 e. The van der Waals surface area contributed by atoms with E-state index in [1.165, 1.54) is 36.4 Å². The van der Waals surface area contributed by atoms with Crippen LogP contribution >= 0.6 is 11.3 Å². The van der Waals surface area contributed by atoms with Gasteiger partial charge in [-0.05, 0) is 55.8 Å². The van der Waals surface area contributed by atoms with Gasteiger partial charge in [0.15, 0.2) is 5.13 Å². The highest BCUT2D eigenvalue weighted by Crippen LogP contribution is 2.23. The van der Waals surface area contributed by atoms with E-state index < -0.39 is 15.8 Å². The number of benzene rings is 2. The van der Waals surface area contributed by atoms with Crippen molar-refractivity contribution in [2.45, 2.75) is 18.2 Å². The molecular formula is C22H23FN4O3S2. The molecule has 1 saturated heterocycles. The number of sulfonamides is 1. The second-order valence-corrected chi connectivity index (χ2v) is 10.1. The van der Waals surface area contributed by atoms with Gasteiger partial charge in [-0.25, -0.2) is 17.8 Å². The van der Waals surface area contributed by atoms with Crippen LogP contribution in [0.25, 0.3) is 0 Å². The van der Waals surface area contributed by atoms with E-state index in [9.17, 15) is 17.6 Å². The van der Waals surface area contributed by atoms with Crippen molar-refractivity contribution >= 4 is 38.1 Å². The Labute approximate surface area is 190 Å². The zero-order valence-corrected chi connectivity index (χ0v) is 19.1. The number of amides is 1. The Hall–Kier alpha value is -2.98. The van der Waals surface area contributed by atoms with Crippen LogP contribution in [0.4, 0.5) is 15.2 Å². The molecule has 0 saturated carbocycles. The number of hydrogen-bond acceptors (Lipinski definition) is 6. The van der Waals surface area contributed by atoms with E-state index in [-0.39, 0.29) is 16.5 Å². The highest BCUT2D eigenvalue weighted by atomic mass is 32.2. The summed E-state index contributed by atoms with van der Waals surface area (Å²) in [6.45, 7) is 4.56. The lowest BCUT2D eigenvalue weighted by Gasteiger charge is -2.22. The van der Waals surface area contributed by atoms with Gasteiger partial charge < -0.3 is 9.80 Å². The predicted octanol–water partition coefficient (Wildman–Crippen LogP) is 3.74. The molecular weight excluding hydrogens is 451 g/mol. The molecule has 4 rings (SSSR count). The summed E-state index contributed by atoms with van der Waals surface area (Å²) < 4.78 is 41.0.